The molecule has 1 aliphatic heterocycles. The number of fused-ring (bicyclic) bond motifs is 2. The third-order valence-electron chi connectivity index (χ3n) is 6.93. The Balaban J connectivity index is 0.00000320. The van der Waals surface area contributed by atoms with Gasteiger partial charge in [-0.3, -0.25) is 0 Å². The predicted molar refractivity (Wildman–Crippen MR) is 145 cm³/mol. The fourth-order valence-electron chi connectivity index (χ4n) is 5.11. The highest BCUT2D eigenvalue weighted by Gasteiger charge is 2.30. The van der Waals surface area contributed by atoms with Crippen molar-refractivity contribution in [2.24, 2.45) is 0 Å². The first-order valence-electron chi connectivity index (χ1n) is 12.2. The lowest BCUT2D eigenvalue weighted by atomic mass is 9.90. The average molecular weight is 524 g/mol. The van der Waals surface area contributed by atoms with Crippen LogP contribution in [0, 0.1) is 11.6 Å². The quantitative estimate of drug-likeness (QED) is 0.266. The fraction of sp³-hybridized carbons (Fsp3) is 0.233. The van der Waals surface area contributed by atoms with E-state index in [4.69, 9.17) is 4.74 Å². The molecule has 1 unspecified atom stereocenters. The smallest absolute Gasteiger partial charge is 0.341 e. The van der Waals surface area contributed by atoms with Crippen LogP contribution in [0.1, 0.15) is 48.0 Å². The lowest BCUT2D eigenvalue weighted by Gasteiger charge is -2.36. The summed E-state index contributed by atoms with van der Waals surface area (Å²) >= 11 is 0. The Morgan fingerprint density at radius 1 is 1.00 bits per heavy atom. The first-order chi connectivity index (χ1) is 17.4. The van der Waals surface area contributed by atoms with Crippen molar-refractivity contribution in [1.82, 2.24) is 0 Å². The second kappa shape index (κ2) is 11.2. The van der Waals surface area contributed by atoms with Gasteiger partial charge >= 0.3 is 5.97 Å². The van der Waals surface area contributed by atoms with Gasteiger partial charge in [0.1, 0.15) is 23.2 Å². The molecule has 0 saturated carbocycles. The maximum atomic E-state index is 15.2. The minimum atomic E-state index is -1.63. The van der Waals surface area contributed by atoms with Gasteiger partial charge in [-0.2, -0.15) is 0 Å². The van der Waals surface area contributed by atoms with Crippen LogP contribution in [0.3, 0.4) is 0 Å². The van der Waals surface area contributed by atoms with Crippen LogP contribution < -0.4 is 9.64 Å². The molecule has 4 aromatic carbocycles. The van der Waals surface area contributed by atoms with Crippen molar-refractivity contribution in [2.45, 2.75) is 38.2 Å². The lowest BCUT2D eigenvalue weighted by Crippen LogP contribution is -2.38. The molecule has 0 aromatic heterocycles. The van der Waals surface area contributed by atoms with E-state index in [2.05, 4.69) is 43.3 Å². The summed E-state index contributed by atoms with van der Waals surface area (Å²) in [5, 5.41) is 11.8. The van der Waals surface area contributed by atoms with Crippen LogP contribution in [0.4, 0.5) is 20.2 Å². The fourth-order valence-corrected chi connectivity index (χ4v) is 5.11. The van der Waals surface area contributed by atoms with E-state index in [0.717, 1.165) is 25.3 Å². The average Bonchev–Trinajstić information content (AvgIpc) is 2.88. The molecule has 0 spiro atoms. The monoisotopic (exact) mass is 523 g/mol. The summed E-state index contributed by atoms with van der Waals surface area (Å²) in [6.07, 6.45) is 2.38. The van der Waals surface area contributed by atoms with Gasteiger partial charge in [-0.15, -0.1) is 12.4 Å². The van der Waals surface area contributed by atoms with Gasteiger partial charge in [0.15, 0.2) is 5.82 Å². The maximum absolute atomic E-state index is 15.2. The van der Waals surface area contributed by atoms with E-state index >= 15 is 4.39 Å². The Bertz CT molecular complexity index is 1420. The van der Waals surface area contributed by atoms with E-state index in [1.54, 1.807) is 17.0 Å². The van der Waals surface area contributed by atoms with Crippen molar-refractivity contribution in [3.05, 3.63) is 102 Å². The maximum Gasteiger partial charge on any atom is 0.341 e. The third kappa shape index (κ3) is 5.25. The molecule has 1 heterocycles. The van der Waals surface area contributed by atoms with E-state index in [9.17, 15) is 14.3 Å². The van der Waals surface area contributed by atoms with Crippen molar-refractivity contribution in [3.63, 3.8) is 0 Å². The van der Waals surface area contributed by atoms with Gasteiger partial charge in [-0.05, 0) is 65.8 Å². The van der Waals surface area contributed by atoms with Crippen LogP contribution >= 0.6 is 12.4 Å². The molecule has 0 fully saturated rings. The normalized spacial score (nSPS) is 15.4. The topological polar surface area (TPSA) is 49.8 Å². The van der Waals surface area contributed by atoms with E-state index in [1.165, 1.54) is 22.4 Å². The molecule has 0 saturated heterocycles. The molecule has 7 heteroatoms. The number of carbonyl (C=O) groups is 1. The summed E-state index contributed by atoms with van der Waals surface area (Å²) in [5.74, 6) is -2.86. The SMILES string of the molecule is C[C@@H](CCCC1CN(c2ccc(F)c(C(=O)O)c2F)c2ccccc2O1)c1cccc2ccccc12.Cl. The predicted octanol–water partition coefficient (Wildman–Crippen LogP) is 8.11. The first kappa shape index (κ1) is 26.4. The zero-order valence-electron chi connectivity index (χ0n) is 20.4. The molecule has 192 valence electrons. The number of carboxylic acids is 1. The number of ether oxygens (including phenoxy) is 1. The molecule has 0 radical (unpaired) electrons. The highest BCUT2D eigenvalue weighted by Crippen LogP contribution is 2.41. The highest BCUT2D eigenvalue weighted by atomic mass is 35.5. The molecule has 1 aliphatic rings. The van der Waals surface area contributed by atoms with Crippen LogP contribution in [0.5, 0.6) is 5.75 Å². The second-order valence-electron chi connectivity index (χ2n) is 9.28. The molecule has 1 N–H and O–H groups in total. The molecular formula is C30H28ClF2NO3. The summed E-state index contributed by atoms with van der Waals surface area (Å²) in [7, 11) is 0. The van der Waals surface area contributed by atoms with Gasteiger partial charge < -0.3 is 14.7 Å². The lowest BCUT2D eigenvalue weighted by molar-refractivity contribution is 0.0686. The third-order valence-corrected chi connectivity index (χ3v) is 6.93. The minimum absolute atomic E-state index is 0. The van der Waals surface area contributed by atoms with E-state index in [1.807, 2.05) is 18.2 Å². The van der Waals surface area contributed by atoms with Crippen molar-refractivity contribution >= 4 is 40.5 Å². The summed E-state index contributed by atoms with van der Waals surface area (Å²) < 4.78 is 35.4. The number of halogens is 3. The van der Waals surface area contributed by atoms with Crippen molar-refractivity contribution in [2.75, 3.05) is 11.4 Å². The Kier molecular flexibility index (Phi) is 7.98. The number of nitrogens with zero attached hydrogens (tertiary/aromatic N) is 1. The number of hydrogen-bond acceptors (Lipinski definition) is 3. The summed E-state index contributed by atoms with van der Waals surface area (Å²) in [4.78, 5) is 13.2. The summed E-state index contributed by atoms with van der Waals surface area (Å²) in [6, 6.07) is 24.3. The van der Waals surface area contributed by atoms with E-state index < -0.39 is 23.2 Å². The molecule has 37 heavy (non-hydrogen) atoms. The molecule has 0 amide bonds. The number of para-hydroxylation sites is 2. The largest absolute Gasteiger partial charge is 0.486 e. The van der Waals surface area contributed by atoms with Crippen molar-refractivity contribution < 1.29 is 23.4 Å². The zero-order valence-corrected chi connectivity index (χ0v) is 21.2. The molecule has 2 atom stereocenters. The van der Waals surface area contributed by atoms with Crippen molar-refractivity contribution in [3.8, 4) is 5.75 Å². The van der Waals surface area contributed by atoms with Gasteiger partial charge in [-0.1, -0.05) is 61.5 Å². The Labute approximate surface area is 220 Å². The van der Waals surface area contributed by atoms with Crippen LogP contribution in [0.25, 0.3) is 10.8 Å². The first-order valence-corrected chi connectivity index (χ1v) is 12.2. The van der Waals surface area contributed by atoms with Crippen molar-refractivity contribution in [1.29, 1.82) is 0 Å². The van der Waals surface area contributed by atoms with Gasteiger partial charge in [0.05, 0.1) is 17.9 Å². The standard InChI is InChI=1S/C30H27F2NO3.ClH/c1-19(22-13-7-10-20-9-2-3-12-23(20)22)8-6-11-21-18-33(25-14-4-5-15-27(25)36-21)26-17-16-24(31)28(29(26)32)30(34)35;/h2-5,7,9-10,12-17,19,21H,6,8,11,18H2,1H3,(H,34,35);1H/t19-,21?;/m0./s1. The van der Waals surface area contributed by atoms with Gasteiger partial charge in [-0.25, -0.2) is 13.6 Å². The van der Waals surface area contributed by atoms with Gasteiger partial charge in [0, 0.05) is 0 Å². The summed E-state index contributed by atoms with van der Waals surface area (Å²) in [6.45, 7) is 2.56. The highest BCUT2D eigenvalue weighted by molar-refractivity contribution is 5.90. The van der Waals surface area contributed by atoms with E-state index in [0.29, 0.717) is 23.9 Å². The number of anilines is 2. The number of benzene rings is 4. The van der Waals surface area contributed by atoms with Gasteiger partial charge in [0.2, 0.25) is 0 Å². The Morgan fingerprint density at radius 2 is 1.73 bits per heavy atom. The molecule has 4 aromatic rings. The Morgan fingerprint density at radius 3 is 2.54 bits per heavy atom. The van der Waals surface area contributed by atoms with Crippen LogP contribution in [-0.2, 0) is 0 Å². The molecule has 0 aliphatic carbocycles. The van der Waals surface area contributed by atoms with Crippen LogP contribution in [-0.4, -0.2) is 23.7 Å². The Hall–Kier alpha value is -3.64. The number of rotatable bonds is 7. The number of carboxylic acid groups (broad SMARTS) is 1. The molecule has 5 rings (SSSR count). The number of hydrogen-bond donors (Lipinski definition) is 1. The summed E-state index contributed by atoms with van der Waals surface area (Å²) in [5.41, 5.74) is 1.02. The van der Waals surface area contributed by atoms with Crippen LogP contribution in [0.2, 0.25) is 0 Å². The van der Waals surface area contributed by atoms with E-state index in [-0.39, 0.29) is 24.2 Å². The zero-order chi connectivity index (χ0) is 25.2. The number of aromatic carboxylic acids is 1. The molecule has 4 nitrogen and oxygen atoms in total. The molecular weight excluding hydrogens is 496 g/mol. The minimum Gasteiger partial charge on any atom is -0.486 e. The molecule has 0 bridgehead atoms. The van der Waals surface area contributed by atoms with Crippen LogP contribution in [0.15, 0.2) is 78.9 Å². The second-order valence-corrected chi connectivity index (χ2v) is 9.28. The van der Waals surface area contributed by atoms with Gasteiger partial charge in [0.25, 0.3) is 0 Å².